The van der Waals surface area contributed by atoms with Gasteiger partial charge < -0.3 is 4.74 Å². The summed E-state index contributed by atoms with van der Waals surface area (Å²) in [4.78, 5) is 0. The number of alkyl halides is 1. The summed E-state index contributed by atoms with van der Waals surface area (Å²) in [5.74, 6) is 1.42. The highest BCUT2D eigenvalue weighted by molar-refractivity contribution is 7.14. The molecule has 0 saturated carbocycles. The van der Waals surface area contributed by atoms with Crippen LogP contribution in [0.5, 0.6) is 5.75 Å². The Morgan fingerprint density at radius 3 is 2.88 bits per heavy atom. The normalized spacial score (nSPS) is 10.5. The van der Waals surface area contributed by atoms with E-state index in [0.717, 1.165) is 27.7 Å². The van der Waals surface area contributed by atoms with Crippen molar-refractivity contribution in [1.82, 2.24) is 10.2 Å². The molecule has 5 heteroatoms. The molecule has 0 spiro atoms. The lowest BCUT2D eigenvalue weighted by atomic mass is 10.2. The zero-order chi connectivity index (χ0) is 12.1. The monoisotopic (exact) mass is 268 g/mol. The Balaban J connectivity index is 2.31. The van der Waals surface area contributed by atoms with E-state index in [1.807, 2.05) is 31.2 Å². The summed E-state index contributed by atoms with van der Waals surface area (Å²) in [6.45, 7) is 2.61. The molecule has 0 amide bonds. The van der Waals surface area contributed by atoms with Crippen LogP contribution < -0.4 is 4.74 Å². The van der Waals surface area contributed by atoms with Gasteiger partial charge in [0, 0.05) is 12.3 Å². The molecule has 0 aliphatic rings. The fourth-order valence-electron chi connectivity index (χ4n) is 1.47. The highest BCUT2D eigenvalue weighted by Crippen LogP contribution is 2.32. The first-order valence-electron chi connectivity index (χ1n) is 5.45. The van der Waals surface area contributed by atoms with Crippen LogP contribution in [0.3, 0.4) is 0 Å². The molecular formula is C12H13ClN2OS. The number of hydrogen-bond acceptors (Lipinski definition) is 4. The Morgan fingerprint density at radius 2 is 2.12 bits per heavy atom. The van der Waals surface area contributed by atoms with E-state index < -0.39 is 0 Å². The van der Waals surface area contributed by atoms with Crippen molar-refractivity contribution in [1.29, 1.82) is 0 Å². The molecule has 0 saturated heterocycles. The second kappa shape index (κ2) is 5.98. The molecule has 0 aliphatic carbocycles. The number of aryl methyl sites for hydroxylation is 1. The van der Waals surface area contributed by atoms with Crippen molar-refractivity contribution < 1.29 is 4.74 Å². The molecule has 1 heterocycles. The zero-order valence-electron chi connectivity index (χ0n) is 9.52. The molecule has 0 aliphatic heterocycles. The minimum absolute atomic E-state index is 0.571. The van der Waals surface area contributed by atoms with Crippen molar-refractivity contribution in [3.8, 4) is 16.3 Å². The third kappa shape index (κ3) is 2.96. The summed E-state index contributed by atoms with van der Waals surface area (Å²) in [6.07, 6.45) is 0.760. The standard InChI is InChI=1S/C12H13ClN2OS/c1-2-16-10-6-4-3-5-9(10)12-15-14-11(17-12)7-8-13/h3-6H,2,7-8H2,1H3. The Kier molecular flexibility index (Phi) is 4.34. The highest BCUT2D eigenvalue weighted by atomic mass is 35.5. The topological polar surface area (TPSA) is 35.0 Å². The Labute approximate surface area is 109 Å². The van der Waals surface area contributed by atoms with Crippen LogP contribution in [0.2, 0.25) is 0 Å². The van der Waals surface area contributed by atoms with Gasteiger partial charge in [-0.3, -0.25) is 0 Å². The molecule has 2 rings (SSSR count). The molecule has 0 atom stereocenters. The molecule has 2 aromatic rings. The van der Waals surface area contributed by atoms with Crippen LogP contribution in [0, 0.1) is 0 Å². The van der Waals surface area contributed by atoms with Gasteiger partial charge in [-0.05, 0) is 19.1 Å². The summed E-state index contributed by atoms with van der Waals surface area (Å²) in [6, 6.07) is 7.87. The molecule has 0 bridgehead atoms. The maximum Gasteiger partial charge on any atom is 0.151 e. The van der Waals surface area contributed by atoms with Crippen molar-refractivity contribution in [3.05, 3.63) is 29.3 Å². The largest absolute Gasteiger partial charge is 0.493 e. The first-order chi connectivity index (χ1) is 8.35. The number of aromatic nitrogens is 2. The molecule has 90 valence electrons. The first-order valence-corrected chi connectivity index (χ1v) is 6.80. The van der Waals surface area contributed by atoms with Crippen molar-refractivity contribution in [2.45, 2.75) is 13.3 Å². The quantitative estimate of drug-likeness (QED) is 0.780. The fourth-order valence-corrected chi connectivity index (χ4v) is 2.63. The number of para-hydroxylation sites is 1. The van der Waals surface area contributed by atoms with Gasteiger partial charge in [0.15, 0.2) is 5.01 Å². The lowest BCUT2D eigenvalue weighted by Crippen LogP contribution is -1.93. The summed E-state index contributed by atoms with van der Waals surface area (Å²) in [5.41, 5.74) is 0.993. The predicted octanol–water partition coefficient (Wildman–Crippen LogP) is 3.39. The molecular weight excluding hydrogens is 256 g/mol. The molecule has 0 radical (unpaired) electrons. The summed E-state index contributed by atoms with van der Waals surface area (Å²) >= 11 is 7.25. The van der Waals surface area contributed by atoms with Crippen LogP contribution in [0.15, 0.2) is 24.3 Å². The average Bonchev–Trinajstić information content (AvgIpc) is 2.79. The number of nitrogens with zero attached hydrogens (tertiary/aromatic N) is 2. The molecule has 17 heavy (non-hydrogen) atoms. The van der Waals surface area contributed by atoms with Crippen molar-refractivity contribution in [2.24, 2.45) is 0 Å². The van der Waals surface area contributed by atoms with E-state index in [0.29, 0.717) is 12.5 Å². The number of benzene rings is 1. The SMILES string of the molecule is CCOc1ccccc1-c1nnc(CCCl)s1. The fraction of sp³-hybridized carbons (Fsp3) is 0.333. The number of hydrogen-bond donors (Lipinski definition) is 0. The van der Waals surface area contributed by atoms with E-state index in [2.05, 4.69) is 10.2 Å². The van der Waals surface area contributed by atoms with Crippen LogP contribution >= 0.6 is 22.9 Å². The third-order valence-electron chi connectivity index (χ3n) is 2.19. The van der Waals surface area contributed by atoms with E-state index in [1.165, 1.54) is 0 Å². The van der Waals surface area contributed by atoms with E-state index in [4.69, 9.17) is 16.3 Å². The lowest BCUT2D eigenvalue weighted by Gasteiger charge is -2.06. The molecule has 0 N–H and O–H groups in total. The van der Waals surface area contributed by atoms with Gasteiger partial charge in [-0.15, -0.1) is 21.8 Å². The Morgan fingerprint density at radius 1 is 1.29 bits per heavy atom. The van der Waals surface area contributed by atoms with Crippen molar-refractivity contribution >= 4 is 22.9 Å². The predicted molar refractivity (Wildman–Crippen MR) is 70.9 cm³/mol. The van der Waals surface area contributed by atoms with Crippen LogP contribution in [-0.2, 0) is 6.42 Å². The van der Waals surface area contributed by atoms with Crippen LogP contribution in [0.25, 0.3) is 10.6 Å². The van der Waals surface area contributed by atoms with Gasteiger partial charge in [-0.1, -0.05) is 23.5 Å². The second-order valence-corrected chi connectivity index (χ2v) is 4.81. The van der Waals surface area contributed by atoms with Gasteiger partial charge in [0.1, 0.15) is 10.8 Å². The molecule has 0 unspecified atom stereocenters. The van der Waals surface area contributed by atoms with Crippen LogP contribution in [0.1, 0.15) is 11.9 Å². The summed E-state index contributed by atoms with van der Waals surface area (Å²) < 4.78 is 5.57. The summed E-state index contributed by atoms with van der Waals surface area (Å²) in [7, 11) is 0. The summed E-state index contributed by atoms with van der Waals surface area (Å²) in [5, 5.41) is 10.1. The van der Waals surface area contributed by atoms with E-state index in [-0.39, 0.29) is 0 Å². The second-order valence-electron chi connectivity index (χ2n) is 3.37. The van der Waals surface area contributed by atoms with Gasteiger partial charge in [0.2, 0.25) is 0 Å². The maximum atomic E-state index is 5.69. The van der Waals surface area contributed by atoms with Crippen LogP contribution in [0.4, 0.5) is 0 Å². The lowest BCUT2D eigenvalue weighted by molar-refractivity contribution is 0.341. The van der Waals surface area contributed by atoms with E-state index in [9.17, 15) is 0 Å². The minimum Gasteiger partial charge on any atom is -0.493 e. The third-order valence-corrected chi connectivity index (χ3v) is 3.40. The number of ether oxygens (including phenoxy) is 1. The molecule has 1 aromatic heterocycles. The van der Waals surface area contributed by atoms with Gasteiger partial charge in [-0.2, -0.15) is 0 Å². The van der Waals surface area contributed by atoms with Gasteiger partial charge in [0.25, 0.3) is 0 Å². The van der Waals surface area contributed by atoms with Gasteiger partial charge in [0.05, 0.1) is 12.2 Å². The molecule has 3 nitrogen and oxygen atoms in total. The van der Waals surface area contributed by atoms with E-state index in [1.54, 1.807) is 11.3 Å². The Hall–Kier alpha value is -1.13. The van der Waals surface area contributed by atoms with E-state index >= 15 is 0 Å². The maximum absolute atomic E-state index is 5.69. The molecule has 0 fully saturated rings. The minimum atomic E-state index is 0.571. The van der Waals surface area contributed by atoms with Crippen molar-refractivity contribution in [3.63, 3.8) is 0 Å². The highest BCUT2D eigenvalue weighted by Gasteiger charge is 2.10. The number of halogens is 1. The van der Waals surface area contributed by atoms with Gasteiger partial charge >= 0.3 is 0 Å². The molecule has 1 aromatic carbocycles. The first kappa shape index (κ1) is 12.3. The Bertz CT molecular complexity index is 487. The van der Waals surface area contributed by atoms with Crippen molar-refractivity contribution in [2.75, 3.05) is 12.5 Å². The van der Waals surface area contributed by atoms with Gasteiger partial charge in [-0.25, -0.2) is 0 Å². The number of rotatable bonds is 5. The smallest absolute Gasteiger partial charge is 0.151 e. The average molecular weight is 269 g/mol. The zero-order valence-corrected chi connectivity index (χ0v) is 11.1. The van der Waals surface area contributed by atoms with Crippen LogP contribution in [-0.4, -0.2) is 22.7 Å².